The third-order valence-corrected chi connectivity index (χ3v) is 8.10. The highest BCUT2D eigenvalue weighted by Gasteiger charge is 2.39. The van der Waals surface area contributed by atoms with Crippen LogP contribution in [0.15, 0.2) is 53.4 Å². The molecule has 4 rings (SSSR count). The largest absolute Gasteiger partial charge is 0.379 e. The van der Waals surface area contributed by atoms with Crippen molar-refractivity contribution in [1.29, 1.82) is 0 Å². The minimum Gasteiger partial charge on any atom is -0.379 e. The smallest absolute Gasteiger partial charge is 0.243 e. The molecule has 0 spiro atoms. The Bertz CT molecular complexity index is 1020. The first-order chi connectivity index (χ1) is 15.4. The highest BCUT2D eigenvalue weighted by molar-refractivity contribution is 7.89. The standard InChI is InChI=1S/C23H28ClN3O4S/c24-20-7-9-21(10-8-20)32(29,30)27-11-1-2-22(27)23(28)25-16-18-3-5-19(6-4-18)17-26-12-14-31-15-13-26/h3-10,22H,1-2,11-17H2,(H,25,28)/t22-/m0/s1. The molecule has 172 valence electrons. The number of carbonyl (C=O) groups excluding carboxylic acids is 1. The Morgan fingerprint density at radius 3 is 2.34 bits per heavy atom. The van der Waals surface area contributed by atoms with Gasteiger partial charge >= 0.3 is 0 Å². The molecule has 2 aromatic rings. The van der Waals surface area contributed by atoms with Crippen LogP contribution in [0.4, 0.5) is 0 Å². The second-order valence-electron chi connectivity index (χ2n) is 8.15. The number of benzene rings is 2. The first-order valence-electron chi connectivity index (χ1n) is 10.9. The first kappa shape index (κ1) is 23.2. The number of nitrogens with zero attached hydrogens (tertiary/aromatic N) is 2. The second-order valence-corrected chi connectivity index (χ2v) is 10.5. The van der Waals surface area contributed by atoms with Crippen molar-refractivity contribution in [2.75, 3.05) is 32.8 Å². The monoisotopic (exact) mass is 477 g/mol. The van der Waals surface area contributed by atoms with Crippen molar-refractivity contribution in [3.63, 3.8) is 0 Å². The zero-order valence-corrected chi connectivity index (χ0v) is 19.4. The van der Waals surface area contributed by atoms with Crippen LogP contribution in [0.25, 0.3) is 0 Å². The van der Waals surface area contributed by atoms with Crippen molar-refractivity contribution in [2.24, 2.45) is 0 Å². The molecule has 1 amide bonds. The fourth-order valence-corrected chi connectivity index (χ4v) is 5.90. The minimum atomic E-state index is -3.75. The molecule has 1 N–H and O–H groups in total. The van der Waals surface area contributed by atoms with E-state index in [0.717, 1.165) is 38.4 Å². The molecule has 2 aromatic carbocycles. The number of morpholine rings is 1. The molecule has 32 heavy (non-hydrogen) atoms. The van der Waals surface area contributed by atoms with Crippen molar-refractivity contribution in [3.05, 3.63) is 64.7 Å². The van der Waals surface area contributed by atoms with Crippen molar-refractivity contribution in [1.82, 2.24) is 14.5 Å². The van der Waals surface area contributed by atoms with E-state index in [1.807, 2.05) is 12.1 Å². The minimum absolute atomic E-state index is 0.150. The van der Waals surface area contributed by atoms with Crippen LogP contribution in [0.5, 0.6) is 0 Å². The van der Waals surface area contributed by atoms with Crippen LogP contribution in [-0.2, 0) is 32.6 Å². The van der Waals surface area contributed by atoms with E-state index >= 15 is 0 Å². The summed E-state index contributed by atoms with van der Waals surface area (Å²) in [5.41, 5.74) is 2.20. The Balaban J connectivity index is 1.34. The maximum absolute atomic E-state index is 13.0. The Hall–Kier alpha value is -1.97. The molecular weight excluding hydrogens is 450 g/mol. The van der Waals surface area contributed by atoms with Gasteiger partial charge in [-0.15, -0.1) is 0 Å². The summed E-state index contributed by atoms with van der Waals surface area (Å²) < 4.78 is 32.7. The summed E-state index contributed by atoms with van der Waals surface area (Å²) >= 11 is 5.88. The number of hydrogen-bond donors (Lipinski definition) is 1. The molecule has 2 heterocycles. The molecule has 0 unspecified atom stereocenters. The van der Waals surface area contributed by atoms with Gasteiger partial charge in [-0.3, -0.25) is 9.69 Å². The molecule has 1 atom stereocenters. The zero-order chi connectivity index (χ0) is 22.6. The summed E-state index contributed by atoms with van der Waals surface area (Å²) in [4.78, 5) is 15.3. The molecule has 0 aromatic heterocycles. The lowest BCUT2D eigenvalue weighted by atomic mass is 10.1. The van der Waals surface area contributed by atoms with E-state index < -0.39 is 16.1 Å². The van der Waals surface area contributed by atoms with Gasteiger partial charge in [0, 0.05) is 37.7 Å². The molecule has 7 nitrogen and oxygen atoms in total. The van der Waals surface area contributed by atoms with E-state index in [4.69, 9.17) is 16.3 Å². The van der Waals surface area contributed by atoms with Gasteiger partial charge in [0.25, 0.3) is 0 Å². The number of hydrogen-bond acceptors (Lipinski definition) is 5. The van der Waals surface area contributed by atoms with E-state index in [1.54, 1.807) is 12.1 Å². The van der Waals surface area contributed by atoms with Crippen LogP contribution in [0.3, 0.4) is 0 Å². The quantitative estimate of drug-likeness (QED) is 0.663. The average molecular weight is 478 g/mol. The molecular formula is C23H28ClN3O4S. The van der Waals surface area contributed by atoms with Gasteiger partial charge in [-0.1, -0.05) is 35.9 Å². The summed E-state index contributed by atoms with van der Waals surface area (Å²) in [7, 11) is -3.75. The average Bonchev–Trinajstić information content (AvgIpc) is 3.31. The van der Waals surface area contributed by atoms with Gasteiger partial charge in [-0.05, 0) is 48.2 Å². The predicted octanol–water partition coefficient (Wildman–Crippen LogP) is 2.64. The maximum Gasteiger partial charge on any atom is 0.243 e. The van der Waals surface area contributed by atoms with Gasteiger partial charge in [-0.2, -0.15) is 4.31 Å². The Kier molecular flexibility index (Phi) is 7.48. The van der Waals surface area contributed by atoms with Crippen LogP contribution in [0.1, 0.15) is 24.0 Å². The lowest BCUT2D eigenvalue weighted by molar-refractivity contribution is -0.124. The number of rotatable bonds is 7. The number of halogens is 1. The Labute approximate surface area is 194 Å². The van der Waals surface area contributed by atoms with E-state index in [2.05, 4.69) is 22.3 Å². The highest BCUT2D eigenvalue weighted by Crippen LogP contribution is 2.27. The number of amides is 1. The highest BCUT2D eigenvalue weighted by atomic mass is 35.5. The molecule has 0 saturated carbocycles. The van der Waals surface area contributed by atoms with Crippen LogP contribution < -0.4 is 5.32 Å². The topological polar surface area (TPSA) is 79.0 Å². The van der Waals surface area contributed by atoms with E-state index in [9.17, 15) is 13.2 Å². The van der Waals surface area contributed by atoms with E-state index in [-0.39, 0.29) is 10.8 Å². The van der Waals surface area contributed by atoms with Gasteiger partial charge in [0.1, 0.15) is 6.04 Å². The third-order valence-electron chi connectivity index (χ3n) is 5.93. The van der Waals surface area contributed by atoms with E-state index in [1.165, 1.54) is 22.0 Å². The van der Waals surface area contributed by atoms with Gasteiger partial charge < -0.3 is 10.1 Å². The van der Waals surface area contributed by atoms with Crippen LogP contribution in [0, 0.1) is 0 Å². The summed E-state index contributed by atoms with van der Waals surface area (Å²) in [6.45, 7) is 5.01. The van der Waals surface area contributed by atoms with Gasteiger partial charge in [-0.25, -0.2) is 8.42 Å². The molecule has 0 aliphatic carbocycles. The molecule has 0 radical (unpaired) electrons. The molecule has 2 aliphatic heterocycles. The normalized spacial score (nSPS) is 20.3. The second kappa shape index (κ2) is 10.3. The Morgan fingerprint density at radius 1 is 1.00 bits per heavy atom. The third kappa shape index (κ3) is 5.50. The van der Waals surface area contributed by atoms with Gasteiger partial charge in [0.15, 0.2) is 0 Å². The van der Waals surface area contributed by atoms with Crippen LogP contribution in [-0.4, -0.2) is 62.4 Å². The molecule has 2 saturated heterocycles. The fraction of sp³-hybridized carbons (Fsp3) is 0.435. The predicted molar refractivity (Wildman–Crippen MR) is 123 cm³/mol. The summed E-state index contributed by atoms with van der Waals surface area (Å²) in [6, 6.07) is 13.5. The molecule has 2 aliphatic rings. The number of nitrogens with one attached hydrogen (secondary N) is 1. The van der Waals surface area contributed by atoms with Crippen molar-refractivity contribution >= 4 is 27.5 Å². The SMILES string of the molecule is O=C(NCc1ccc(CN2CCOCC2)cc1)[C@@H]1CCCN1S(=O)(=O)c1ccc(Cl)cc1. The summed E-state index contributed by atoms with van der Waals surface area (Å²) in [5.74, 6) is -0.266. The molecule has 9 heteroatoms. The lowest BCUT2D eigenvalue weighted by Gasteiger charge is -2.26. The zero-order valence-electron chi connectivity index (χ0n) is 17.9. The van der Waals surface area contributed by atoms with Crippen LogP contribution >= 0.6 is 11.6 Å². The van der Waals surface area contributed by atoms with Crippen molar-refractivity contribution in [2.45, 2.75) is 36.9 Å². The number of sulfonamides is 1. The number of ether oxygens (including phenoxy) is 1. The summed E-state index contributed by atoms with van der Waals surface area (Å²) in [6.07, 6.45) is 1.16. The lowest BCUT2D eigenvalue weighted by Crippen LogP contribution is -2.45. The fourth-order valence-electron chi connectivity index (χ4n) is 4.12. The van der Waals surface area contributed by atoms with Gasteiger partial charge in [0.2, 0.25) is 15.9 Å². The van der Waals surface area contributed by atoms with Crippen molar-refractivity contribution < 1.29 is 17.9 Å². The van der Waals surface area contributed by atoms with Crippen molar-refractivity contribution in [3.8, 4) is 0 Å². The summed E-state index contributed by atoms with van der Waals surface area (Å²) in [5, 5.41) is 3.38. The van der Waals surface area contributed by atoms with Crippen LogP contribution in [0.2, 0.25) is 5.02 Å². The maximum atomic E-state index is 13.0. The first-order valence-corrected chi connectivity index (χ1v) is 12.7. The number of carbonyl (C=O) groups is 1. The van der Waals surface area contributed by atoms with E-state index in [0.29, 0.717) is 31.0 Å². The molecule has 2 fully saturated rings. The van der Waals surface area contributed by atoms with Gasteiger partial charge in [0.05, 0.1) is 18.1 Å². The Morgan fingerprint density at radius 2 is 1.66 bits per heavy atom. The molecule has 0 bridgehead atoms.